The SMILES string of the molecule is CN(Cc1ncn[nH]1)C(=O)c1ccccc1Cl. The van der Waals surface area contributed by atoms with Gasteiger partial charge >= 0.3 is 0 Å². The Hall–Kier alpha value is -1.88. The van der Waals surface area contributed by atoms with E-state index in [9.17, 15) is 4.79 Å². The molecule has 1 amide bonds. The molecule has 0 unspecified atom stereocenters. The summed E-state index contributed by atoms with van der Waals surface area (Å²) in [7, 11) is 1.69. The molecule has 17 heavy (non-hydrogen) atoms. The van der Waals surface area contributed by atoms with Gasteiger partial charge in [0.05, 0.1) is 17.1 Å². The van der Waals surface area contributed by atoms with Crippen molar-refractivity contribution in [3.8, 4) is 0 Å². The number of hydrogen-bond acceptors (Lipinski definition) is 3. The minimum atomic E-state index is -0.146. The van der Waals surface area contributed by atoms with Crippen molar-refractivity contribution in [2.24, 2.45) is 0 Å². The summed E-state index contributed by atoms with van der Waals surface area (Å²) in [4.78, 5) is 17.6. The Morgan fingerprint density at radius 1 is 1.47 bits per heavy atom. The molecular formula is C11H11ClN4O. The van der Waals surface area contributed by atoms with Crippen LogP contribution in [0.4, 0.5) is 0 Å². The van der Waals surface area contributed by atoms with Crippen molar-refractivity contribution in [2.45, 2.75) is 6.54 Å². The zero-order chi connectivity index (χ0) is 12.3. The maximum atomic E-state index is 12.1. The lowest BCUT2D eigenvalue weighted by molar-refractivity contribution is 0.0782. The second kappa shape index (κ2) is 4.97. The van der Waals surface area contributed by atoms with Crippen molar-refractivity contribution in [3.63, 3.8) is 0 Å². The molecular weight excluding hydrogens is 240 g/mol. The Kier molecular flexibility index (Phi) is 3.39. The van der Waals surface area contributed by atoms with Gasteiger partial charge in [0.2, 0.25) is 0 Å². The Morgan fingerprint density at radius 3 is 2.88 bits per heavy atom. The topological polar surface area (TPSA) is 61.9 Å². The van der Waals surface area contributed by atoms with E-state index in [-0.39, 0.29) is 5.91 Å². The van der Waals surface area contributed by atoms with E-state index in [1.165, 1.54) is 11.2 Å². The maximum Gasteiger partial charge on any atom is 0.255 e. The first-order valence-electron chi connectivity index (χ1n) is 5.02. The summed E-state index contributed by atoms with van der Waals surface area (Å²) in [5.74, 6) is 0.486. The predicted octanol–water partition coefficient (Wildman–Crippen LogP) is 1.73. The fourth-order valence-corrected chi connectivity index (χ4v) is 1.66. The third kappa shape index (κ3) is 2.62. The summed E-state index contributed by atoms with van der Waals surface area (Å²) in [6.45, 7) is 0.365. The molecule has 2 rings (SSSR count). The number of nitrogens with one attached hydrogen (secondary N) is 1. The van der Waals surface area contributed by atoms with Gasteiger partial charge in [-0.3, -0.25) is 9.89 Å². The summed E-state index contributed by atoms with van der Waals surface area (Å²) in [6.07, 6.45) is 1.41. The number of H-pyrrole nitrogens is 1. The van der Waals surface area contributed by atoms with Gasteiger partial charge in [0.25, 0.3) is 5.91 Å². The average molecular weight is 251 g/mol. The fourth-order valence-electron chi connectivity index (χ4n) is 1.44. The van der Waals surface area contributed by atoms with Crippen LogP contribution in [0.2, 0.25) is 5.02 Å². The fraction of sp³-hybridized carbons (Fsp3) is 0.182. The number of hydrogen-bond donors (Lipinski definition) is 1. The van der Waals surface area contributed by atoms with Crippen LogP contribution in [0.5, 0.6) is 0 Å². The first-order chi connectivity index (χ1) is 8.18. The van der Waals surface area contributed by atoms with Gasteiger partial charge in [0, 0.05) is 7.05 Å². The van der Waals surface area contributed by atoms with Crippen molar-refractivity contribution in [1.29, 1.82) is 0 Å². The molecule has 0 fully saturated rings. The van der Waals surface area contributed by atoms with E-state index in [0.717, 1.165) is 0 Å². The van der Waals surface area contributed by atoms with Crippen LogP contribution in [0.1, 0.15) is 16.2 Å². The standard InChI is InChI=1S/C11H11ClN4O/c1-16(6-10-13-7-14-15-10)11(17)8-4-2-3-5-9(8)12/h2-5,7H,6H2,1H3,(H,13,14,15). The number of carbonyl (C=O) groups excluding carboxylic acids is 1. The Labute approximate surface area is 103 Å². The Morgan fingerprint density at radius 2 is 2.24 bits per heavy atom. The number of aromatic amines is 1. The molecule has 5 nitrogen and oxygen atoms in total. The molecule has 0 saturated heterocycles. The molecule has 0 spiro atoms. The normalized spacial score (nSPS) is 10.2. The molecule has 1 aromatic carbocycles. The number of rotatable bonds is 3. The van der Waals surface area contributed by atoms with E-state index in [4.69, 9.17) is 11.6 Å². The first kappa shape index (κ1) is 11.6. The number of aromatic nitrogens is 3. The highest BCUT2D eigenvalue weighted by Gasteiger charge is 2.15. The zero-order valence-corrected chi connectivity index (χ0v) is 9.98. The quantitative estimate of drug-likeness (QED) is 0.902. The van der Waals surface area contributed by atoms with Gasteiger partial charge < -0.3 is 4.90 Å². The molecule has 0 bridgehead atoms. The van der Waals surface area contributed by atoms with Crippen molar-refractivity contribution in [1.82, 2.24) is 20.1 Å². The van der Waals surface area contributed by atoms with Crippen LogP contribution in [0.25, 0.3) is 0 Å². The van der Waals surface area contributed by atoms with Crippen LogP contribution in [0, 0.1) is 0 Å². The van der Waals surface area contributed by atoms with Gasteiger partial charge in [0.1, 0.15) is 12.2 Å². The van der Waals surface area contributed by atoms with E-state index in [1.54, 1.807) is 31.3 Å². The number of carbonyl (C=O) groups is 1. The lowest BCUT2D eigenvalue weighted by atomic mass is 10.2. The van der Waals surface area contributed by atoms with Crippen molar-refractivity contribution in [2.75, 3.05) is 7.05 Å². The minimum Gasteiger partial charge on any atom is -0.334 e. The van der Waals surface area contributed by atoms with Gasteiger partial charge in [-0.1, -0.05) is 23.7 Å². The van der Waals surface area contributed by atoms with Crippen LogP contribution < -0.4 is 0 Å². The summed E-state index contributed by atoms with van der Waals surface area (Å²) in [5, 5.41) is 6.87. The van der Waals surface area contributed by atoms with Crippen molar-refractivity contribution in [3.05, 3.63) is 47.0 Å². The van der Waals surface area contributed by atoms with Gasteiger partial charge in [-0.05, 0) is 12.1 Å². The van der Waals surface area contributed by atoms with Crippen molar-refractivity contribution >= 4 is 17.5 Å². The van der Waals surface area contributed by atoms with Gasteiger partial charge in [-0.15, -0.1) is 0 Å². The largest absolute Gasteiger partial charge is 0.334 e. The number of halogens is 1. The molecule has 1 aromatic heterocycles. The monoisotopic (exact) mass is 250 g/mol. The lowest BCUT2D eigenvalue weighted by Gasteiger charge is -2.16. The molecule has 1 heterocycles. The average Bonchev–Trinajstić information content (AvgIpc) is 2.81. The van der Waals surface area contributed by atoms with E-state index >= 15 is 0 Å². The molecule has 1 N–H and O–H groups in total. The highest BCUT2D eigenvalue weighted by atomic mass is 35.5. The van der Waals surface area contributed by atoms with Crippen LogP contribution in [0.3, 0.4) is 0 Å². The number of benzene rings is 1. The molecule has 88 valence electrons. The van der Waals surface area contributed by atoms with Crippen LogP contribution in [-0.4, -0.2) is 33.0 Å². The Balaban J connectivity index is 2.13. The highest BCUT2D eigenvalue weighted by molar-refractivity contribution is 6.33. The van der Waals surface area contributed by atoms with Gasteiger partial charge in [0.15, 0.2) is 0 Å². The van der Waals surface area contributed by atoms with E-state index < -0.39 is 0 Å². The summed E-state index contributed by atoms with van der Waals surface area (Å²) in [5.41, 5.74) is 0.483. The molecule has 6 heteroatoms. The smallest absolute Gasteiger partial charge is 0.255 e. The van der Waals surface area contributed by atoms with Gasteiger partial charge in [-0.25, -0.2) is 4.98 Å². The molecule has 0 saturated carbocycles. The third-order valence-electron chi connectivity index (χ3n) is 2.30. The van der Waals surface area contributed by atoms with Crippen molar-refractivity contribution < 1.29 is 4.79 Å². The summed E-state index contributed by atoms with van der Waals surface area (Å²) < 4.78 is 0. The van der Waals surface area contributed by atoms with Crippen LogP contribution in [-0.2, 0) is 6.54 Å². The number of nitrogens with zero attached hydrogens (tertiary/aromatic N) is 3. The molecule has 0 atom stereocenters. The predicted molar refractivity (Wildman–Crippen MR) is 63.6 cm³/mol. The van der Waals surface area contributed by atoms with E-state index in [2.05, 4.69) is 15.2 Å². The van der Waals surface area contributed by atoms with E-state index in [1.807, 2.05) is 0 Å². The molecule has 2 aromatic rings. The summed E-state index contributed by atoms with van der Waals surface area (Å²) >= 11 is 5.96. The third-order valence-corrected chi connectivity index (χ3v) is 2.63. The second-order valence-corrected chi connectivity index (χ2v) is 3.98. The van der Waals surface area contributed by atoms with Crippen LogP contribution in [0.15, 0.2) is 30.6 Å². The van der Waals surface area contributed by atoms with Crippen LogP contribution >= 0.6 is 11.6 Å². The summed E-state index contributed by atoms with van der Waals surface area (Å²) in [6, 6.07) is 6.95. The highest BCUT2D eigenvalue weighted by Crippen LogP contribution is 2.16. The molecule has 0 radical (unpaired) electrons. The molecule has 0 aliphatic rings. The first-order valence-corrected chi connectivity index (χ1v) is 5.40. The maximum absolute atomic E-state index is 12.1. The number of amides is 1. The lowest BCUT2D eigenvalue weighted by Crippen LogP contribution is -2.27. The Bertz CT molecular complexity index is 512. The van der Waals surface area contributed by atoms with E-state index in [0.29, 0.717) is 23.0 Å². The zero-order valence-electron chi connectivity index (χ0n) is 9.22. The molecule has 0 aliphatic heterocycles. The minimum absolute atomic E-state index is 0.146. The van der Waals surface area contributed by atoms with Gasteiger partial charge in [-0.2, -0.15) is 5.10 Å². The molecule has 0 aliphatic carbocycles. The second-order valence-electron chi connectivity index (χ2n) is 3.57.